The summed E-state index contributed by atoms with van der Waals surface area (Å²) in [6.07, 6.45) is 67.6. The van der Waals surface area contributed by atoms with Crippen molar-refractivity contribution in [3.8, 4) is 5.75 Å². The number of rotatable bonds is 55. The third-order valence-corrected chi connectivity index (χ3v) is 16.3. The van der Waals surface area contributed by atoms with Gasteiger partial charge in [0.25, 0.3) is 0 Å². The van der Waals surface area contributed by atoms with Crippen LogP contribution in [0.1, 0.15) is 329 Å². The Bertz CT molecular complexity index is 948. The van der Waals surface area contributed by atoms with E-state index in [1.807, 2.05) is 0 Å². The number of unbranched alkanes of at least 4 members (excludes halogenated alkanes) is 45. The van der Waals surface area contributed by atoms with Crippen molar-refractivity contribution in [3.63, 3.8) is 0 Å². The lowest BCUT2D eigenvalue weighted by atomic mass is 10.0. The van der Waals surface area contributed by atoms with Crippen LogP contribution in [-0.4, -0.2) is 19.4 Å². The number of benzene rings is 1. The fraction of sp³-hybridized carbons (Fsp3) is 0.900. The fourth-order valence-electron chi connectivity index (χ4n) is 9.47. The molecule has 0 fully saturated rings. The lowest BCUT2D eigenvalue weighted by Crippen LogP contribution is -2.15. The van der Waals surface area contributed by atoms with Crippen LogP contribution < -0.4 is 4.52 Å². The quantitative estimate of drug-likeness (QED) is 0.0481. The highest BCUT2D eigenvalue weighted by Crippen LogP contribution is 2.62. The molecule has 0 heterocycles. The Kier molecular flexibility index (Phi) is 49.6. The number of hydrogen-bond donors (Lipinski definition) is 0. The van der Waals surface area contributed by atoms with Crippen molar-refractivity contribution in [2.75, 3.05) is 19.4 Å². The Hall–Kier alpha value is -0.630. The van der Waals surface area contributed by atoms with Crippen LogP contribution in [0.15, 0.2) is 30.3 Å². The first kappa shape index (κ1) is 61.4. The van der Waals surface area contributed by atoms with Crippen LogP contribution in [0.4, 0.5) is 0 Å². The van der Waals surface area contributed by atoms with Gasteiger partial charge in [0, 0.05) is 0 Å². The molecule has 1 aromatic carbocycles. The fourth-order valence-corrected chi connectivity index (χ4v) is 11.9. The van der Waals surface area contributed by atoms with Crippen molar-refractivity contribution in [1.29, 1.82) is 0 Å². The van der Waals surface area contributed by atoms with Gasteiger partial charge in [-0.25, -0.2) is 0 Å². The summed E-state index contributed by atoms with van der Waals surface area (Å²) in [5.41, 5.74) is 0. The molecule has 64 heavy (non-hydrogen) atoms. The largest absolute Gasteiger partial charge is 0.456 e. The van der Waals surface area contributed by atoms with Gasteiger partial charge in [-0.3, -0.25) is 4.52 Å². The summed E-state index contributed by atoms with van der Waals surface area (Å²) in [4.78, 5) is 0. The molecule has 0 saturated carbocycles. The summed E-state index contributed by atoms with van der Waals surface area (Å²) >= 11 is 0. The van der Waals surface area contributed by atoms with Gasteiger partial charge in [0.1, 0.15) is 6.16 Å². The van der Waals surface area contributed by atoms with Gasteiger partial charge in [-0.1, -0.05) is 321 Å². The average molecular weight is 917 g/mol. The highest BCUT2D eigenvalue weighted by Gasteiger charge is 2.46. The predicted molar refractivity (Wildman–Crippen MR) is 289 cm³/mol. The lowest BCUT2D eigenvalue weighted by Gasteiger charge is -2.23. The van der Waals surface area contributed by atoms with Crippen LogP contribution in [-0.2, 0) is 9.05 Å². The Balaban J connectivity index is 2.44. The highest BCUT2D eigenvalue weighted by atomic mass is 31.2. The molecule has 0 bridgehead atoms. The second kappa shape index (κ2) is 51.8. The van der Waals surface area contributed by atoms with Crippen LogP contribution in [0.5, 0.6) is 5.75 Å². The number of para-hydroxylation sites is 1. The van der Waals surface area contributed by atoms with E-state index in [4.69, 9.17) is 13.6 Å². The molecule has 0 unspecified atom stereocenters. The van der Waals surface area contributed by atoms with Gasteiger partial charge in [-0.2, -0.15) is 9.05 Å². The van der Waals surface area contributed by atoms with Gasteiger partial charge in [0.05, 0.1) is 13.2 Å². The van der Waals surface area contributed by atoms with Gasteiger partial charge in [-0.15, -0.1) is 0 Å². The normalized spacial score (nSPS) is 11.9. The van der Waals surface area contributed by atoms with Crippen LogP contribution >= 0.6 is 7.94 Å². The molecule has 0 aliphatic carbocycles. The Morgan fingerprint density at radius 3 is 0.734 bits per heavy atom. The van der Waals surface area contributed by atoms with Crippen molar-refractivity contribution in [2.45, 2.75) is 329 Å². The second-order valence-corrected chi connectivity index (χ2v) is 22.7. The standard InChI is InChI=1S/C60H116O3P/c1-4-7-10-13-16-19-22-25-28-31-34-37-40-43-46-52-57-61-64(63-60-55-50-49-51-56-60,59-54-48-45-42-39-36-33-30-27-24-21-18-15-12-9-6-3)62-58-53-47-44-41-38-35-32-29-26-23-20-17-14-11-8-5-2/h49-51,55-56H,4-48,52-54,57-59H2,1-3H3/q+1. The third-order valence-electron chi connectivity index (χ3n) is 13.8. The Morgan fingerprint density at radius 2 is 0.484 bits per heavy atom. The minimum Gasteiger partial charge on any atom is -0.287 e. The number of hydrogen-bond acceptors (Lipinski definition) is 3. The van der Waals surface area contributed by atoms with Crippen molar-refractivity contribution in [3.05, 3.63) is 30.3 Å². The van der Waals surface area contributed by atoms with Crippen LogP contribution in [0.2, 0.25) is 0 Å². The molecule has 0 amide bonds. The molecular formula is C60H116O3P+. The second-order valence-electron chi connectivity index (χ2n) is 20.3. The van der Waals surface area contributed by atoms with Crippen molar-refractivity contribution < 1.29 is 13.6 Å². The molecule has 0 aliphatic heterocycles. The maximum absolute atomic E-state index is 6.87. The summed E-state index contributed by atoms with van der Waals surface area (Å²) in [6.45, 7) is 8.45. The Labute approximate surface area is 404 Å². The summed E-state index contributed by atoms with van der Waals surface area (Å²) in [7, 11) is -2.49. The lowest BCUT2D eigenvalue weighted by molar-refractivity contribution is 0.174. The van der Waals surface area contributed by atoms with Crippen molar-refractivity contribution in [2.24, 2.45) is 0 Å². The summed E-state index contributed by atoms with van der Waals surface area (Å²) < 4.78 is 20.6. The molecule has 0 atom stereocenters. The molecule has 0 spiro atoms. The smallest absolute Gasteiger partial charge is 0.287 e. The van der Waals surface area contributed by atoms with Gasteiger partial charge in [0.2, 0.25) is 0 Å². The molecule has 0 aromatic heterocycles. The highest BCUT2D eigenvalue weighted by molar-refractivity contribution is 7.62. The maximum atomic E-state index is 6.87. The van der Waals surface area contributed by atoms with E-state index in [0.717, 1.165) is 44.4 Å². The summed E-state index contributed by atoms with van der Waals surface area (Å²) in [5, 5.41) is 0. The maximum Gasteiger partial charge on any atom is 0.456 e. The van der Waals surface area contributed by atoms with E-state index in [1.165, 1.54) is 289 Å². The molecule has 1 rings (SSSR count). The van der Waals surface area contributed by atoms with Crippen LogP contribution in [0.25, 0.3) is 0 Å². The van der Waals surface area contributed by atoms with Gasteiger partial charge in [0.15, 0.2) is 5.75 Å². The predicted octanol–water partition coefficient (Wildman–Crippen LogP) is 22.6. The van der Waals surface area contributed by atoms with E-state index < -0.39 is 7.94 Å². The molecule has 3 nitrogen and oxygen atoms in total. The van der Waals surface area contributed by atoms with Gasteiger partial charge in [-0.05, 0) is 37.8 Å². The molecular weight excluding hydrogens is 800 g/mol. The SMILES string of the molecule is CCCCCCCCCCCCCCCCCCO[P+](CCCCCCCCCCCCCCCCCC)(OCCCCCCCCCCCCCCCCCC)Oc1ccccc1. The third kappa shape index (κ3) is 43.9. The zero-order valence-corrected chi connectivity index (χ0v) is 45.0. The topological polar surface area (TPSA) is 27.7 Å². The Morgan fingerprint density at radius 1 is 0.266 bits per heavy atom. The van der Waals surface area contributed by atoms with E-state index in [1.54, 1.807) is 0 Å². The van der Waals surface area contributed by atoms with E-state index >= 15 is 0 Å². The molecule has 0 saturated heterocycles. The van der Waals surface area contributed by atoms with Crippen molar-refractivity contribution in [1.82, 2.24) is 0 Å². The molecule has 0 radical (unpaired) electrons. The van der Waals surface area contributed by atoms with E-state index in [9.17, 15) is 0 Å². The zero-order chi connectivity index (χ0) is 45.8. The first-order valence-corrected chi connectivity index (χ1v) is 31.4. The van der Waals surface area contributed by atoms with Crippen LogP contribution in [0.3, 0.4) is 0 Å². The minimum absolute atomic E-state index is 0.761. The van der Waals surface area contributed by atoms with E-state index in [2.05, 4.69) is 51.1 Å². The van der Waals surface area contributed by atoms with E-state index in [-0.39, 0.29) is 0 Å². The monoisotopic (exact) mass is 916 g/mol. The molecule has 378 valence electrons. The first-order chi connectivity index (χ1) is 31.8. The molecule has 4 heteroatoms. The summed E-state index contributed by atoms with van der Waals surface area (Å²) in [6, 6.07) is 10.4. The van der Waals surface area contributed by atoms with Crippen LogP contribution in [0, 0.1) is 0 Å². The van der Waals surface area contributed by atoms with Gasteiger partial charge >= 0.3 is 7.94 Å². The molecule has 0 N–H and O–H groups in total. The molecule has 1 aromatic rings. The van der Waals surface area contributed by atoms with Gasteiger partial charge < -0.3 is 0 Å². The minimum atomic E-state index is -2.49. The van der Waals surface area contributed by atoms with Crippen molar-refractivity contribution >= 4 is 7.94 Å². The molecule has 0 aliphatic rings. The average Bonchev–Trinajstić information content (AvgIpc) is 3.31. The first-order valence-electron chi connectivity index (χ1n) is 29.7. The zero-order valence-electron chi connectivity index (χ0n) is 44.1. The summed E-state index contributed by atoms with van der Waals surface area (Å²) in [5.74, 6) is 0.909. The van der Waals surface area contributed by atoms with E-state index in [0.29, 0.717) is 0 Å².